The Bertz CT molecular complexity index is 526. The molecule has 2 aromatic rings. The third kappa shape index (κ3) is 3.32. The van der Waals surface area contributed by atoms with Gasteiger partial charge in [-0.15, -0.1) is 0 Å². The van der Waals surface area contributed by atoms with Crippen LogP contribution in [0.2, 0.25) is 5.02 Å². The molecule has 0 aliphatic carbocycles. The van der Waals surface area contributed by atoms with Crippen LogP contribution in [0.15, 0.2) is 41.7 Å². The second kappa shape index (κ2) is 5.84. The monoisotopic (exact) mass is 262 g/mol. The van der Waals surface area contributed by atoms with Gasteiger partial charge >= 0.3 is 0 Å². The van der Waals surface area contributed by atoms with E-state index >= 15 is 0 Å². The molecule has 86 valence electrons. The lowest BCUT2D eigenvalue weighted by atomic mass is 10.2. The molecule has 0 bridgehead atoms. The summed E-state index contributed by atoms with van der Waals surface area (Å²) < 4.78 is 0. The van der Waals surface area contributed by atoms with Crippen molar-refractivity contribution in [2.75, 3.05) is 6.26 Å². The number of aromatic nitrogens is 2. The Kier molecular flexibility index (Phi) is 4.18. The van der Waals surface area contributed by atoms with E-state index in [-0.39, 0.29) is 0 Å². The van der Waals surface area contributed by atoms with Crippen molar-refractivity contribution in [2.24, 2.45) is 0 Å². The van der Waals surface area contributed by atoms with Gasteiger partial charge in [-0.2, -0.15) is 0 Å². The molecule has 4 heteroatoms. The molecule has 2 nitrogen and oxygen atoms in total. The first-order valence-electron chi connectivity index (χ1n) is 5.09. The van der Waals surface area contributed by atoms with Crippen molar-refractivity contribution in [1.82, 2.24) is 9.97 Å². The zero-order valence-electron chi connectivity index (χ0n) is 9.30. The van der Waals surface area contributed by atoms with Crippen LogP contribution in [0.1, 0.15) is 11.3 Å². The van der Waals surface area contributed by atoms with E-state index < -0.39 is 0 Å². The standard InChI is InChI=1S/C13H11ClN2S/c1-17-13-15-9-11(14)12(16-13)8-7-10-5-3-2-4-6-10/h2-9H,1H3/b8-7+. The number of halogens is 1. The van der Waals surface area contributed by atoms with Crippen LogP contribution >= 0.6 is 23.4 Å². The van der Waals surface area contributed by atoms with E-state index in [1.807, 2.05) is 48.7 Å². The van der Waals surface area contributed by atoms with E-state index in [4.69, 9.17) is 11.6 Å². The van der Waals surface area contributed by atoms with E-state index in [9.17, 15) is 0 Å². The van der Waals surface area contributed by atoms with Crippen molar-refractivity contribution in [3.05, 3.63) is 52.8 Å². The quantitative estimate of drug-likeness (QED) is 0.617. The molecule has 0 unspecified atom stereocenters. The fourth-order valence-corrected chi connectivity index (χ4v) is 1.82. The third-order valence-electron chi connectivity index (χ3n) is 2.16. The number of rotatable bonds is 3. The minimum Gasteiger partial charge on any atom is -0.230 e. The maximum absolute atomic E-state index is 6.03. The summed E-state index contributed by atoms with van der Waals surface area (Å²) in [4.78, 5) is 8.44. The minimum atomic E-state index is 0.565. The first-order valence-corrected chi connectivity index (χ1v) is 6.69. The largest absolute Gasteiger partial charge is 0.230 e. The van der Waals surface area contributed by atoms with Gasteiger partial charge in [-0.3, -0.25) is 0 Å². The highest BCUT2D eigenvalue weighted by molar-refractivity contribution is 7.98. The highest BCUT2D eigenvalue weighted by Gasteiger charge is 2.01. The van der Waals surface area contributed by atoms with Crippen molar-refractivity contribution in [3.8, 4) is 0 Å². The number of benzene rings is 1. The predicted octanol–water partition coefficient (Wildman–Crippen LogP) is 4.02. The first kappa shape index (κ1) is 12.1. The summed E-state index contributed by atoms with van der Waals surface area (Å²) in [6.07, 6.45) is 7.45. The van der Waals surface area contributed by atoms with Crippen molar-refractivity contribution >= 4 is 35.5 Å². The van der Waals surface area contributed by atoms with Gasteiger partial charge < -0.3 is 0 Å². The van der Waals surface area contributed by atoms with Gasteiger partial charge in [-0.05, 0) is 17.9 Å². The summed E-state index contributed by atoms with van der Waals surface area (Å²) in [5.74, 6) is 0. The molecule has 0 aliphatic heterocycles. The second-order valence-corrected chi connectivity index (χ2v) is 4.51. The molecular weight excluding hydrogens is 252 g/mol. The number of hydrogen-bond donors (Lipinski definition) is 0. The Balaban J connectivity index is 2.26. The molecule has 17 heavy (non-hydrogen) atoms. The molecule has 1 heterocycles. The fourth-order valence-electron chi connectivity index (χ4n) is 1.32. The van der Waals surface area contributed by atoms with E-state index in [0.717, 1.165) is 16.4 Å². The number of nitrogens with zero attached hydrogens (tertiary/aromatic N) is 2. The minimum absolute atomic E-state index is 0.565. The molecule has 1 aromatic carbocycles. The fraction of sp³-hybridized carbons (Fsp3) is 0.0769. The molecule has 0 atom stereocenters. The van der Waals surface area contributed by atoms with Gasteiger partial charge in [-0.1, -0.05) is 59.8 Å². The summed E-state index contributed by atoms with van der Waals surface area (Å²) in [5.41, 5.74) is 1.86. The maximum atomic E-state index is 6.03. The van der Waals surface area contributed by atoms with Gasteiger partial charge in [0.2, 0.25) is 0 Å². The Morgan fingerprint density at radius 3 is 2.65 bits per heavy atom. The van der Waals surface area contributed by atoms with Crippen LogP contribution in [0.5, 0.6) is 0 Å². The van der Waals surface area contributed by atoms with Crippen LogP contribution in [-0.4, -0.2) is 16.2 Å². The van der Waals surface area contributed by atoms with Gasteiger partial charge in [0.15, 0.2) is 5.16 Å². The summed E-state index contributed by atoms with van der Waals surface area (Å²) >= 11 is 7.53. The maximum Gasteiger partial charge on any atom is 0.187 e. The van der Waals surface area contributed by atoms with Gasteiger partial charge in [0.25, 0.3) is 0 Å². The summed E-state index contributed by atoms with van der Waals surface area (Å²) in [6, 6.07) is 10.0. The van der Waals surface area contributed by atoms with Crippen LogP contribution in [0.25, 0.3) is 12.2 Å². The molecule has 0 N–H and O–H groups in total. The van der Waals surface area contributed by atoms with Crippen molar-refractivity contribution in [3.63, 3.8) is 0 Å². The molecule has 1 aromatic heterocycles. The van der Waals surface area contributed by atoms with Gasteiger partial charge in [-0.25, -0.2) is 9.97 Å². The summed E-state index contributed by atoms with van der Waals surface area (Å²) in [5, 5.41) is 1.29. The van der Waals surface area contributed by atoms with Crippen LogP contribution in [0.3, 0.4) is 0 Å². The van der Waals surface area contributed by atoms with Crippen LogP contribution in [-0.2, 0) is 0 Å². The SMILES string of the molecule is CSc1ncc(Cl)c(/C=C/c2ccccc2)n1. The molecule has 2 rings (SSSR count). The van der Waals surface area contributed by atoms with E-state index in [0.29, 0.717) is 5.02 Å². The Morgan fingerprint density at radius 2 is 1.94 bits per heavy atom. The molecule has 0 aliphatic rings. The van der Waals surface area contributed by atoms with Gasteiger partial charge in [0.05, 0.1) is 16.9 Å². The van der Waals surface area contributed by atoms with Crippen LogP contribution in [0, 0.1) is 0 Å². The smallest absolute Gasteiger partial charge is 0.187 e. The molecule has 0 saturated heterocycles. The zero-order chi connectivity index (χ0) is 12.1. The molecule has 0 fully saturated rings. The molecule has 0 radical (unpaired) electrons. The average molecular weight is 263 g/mol. The van der Waals surface area contributed by atoms with Crippen molar-refractivity contribution in [2.45, 2.75) is 5.16 Å². The van der Waals surface area contributed by atoms with Crippen LogP contribution in [0.4, 0.5) is 0 Å². The van der Waals surface area contributed by atoms with Crippen molar-refractivity contribution < 1.29 is 0 Å². The van der Waals surface area contributed by atoms with Crippen LogP contribution < -0.4 is 0 Å². The highest BCUT2D eigenvalue weighted by atomic mass is 35.5. The lowest BCUT2D eigenvalue weighted by molar-refractivity contribution is 0.961. The summed E-state index contributed by atoms with van der Waals surface area (Å²) in [7, 11) is 0. The zero-order valence-corrected chi connectivity index (χ0v) is 10.9. The van der Waals surface area contributed by atoms with E-state index in [2.05, 4.69) is 9.97 Å². The third-order valence-corrected chi connectivity index (χ3v) is 3.02. The Labute approximate surface area is 110 Å². The first-order chi connectivity index (χ1) is 8.29. The molecule has 0 amide bonds. The Morgan fingerprint density at radius 1 is 1.18 bits per heavy atom. The topological polar surface area (TPSA) is 25.8 Å². The second-order valence-electron chi connectivity index (χ2n) is 3.33. The average Bonchev–Trinajstić information content (AvgIpc) is 2.39. The lowest BCUT2D eigenvalue weighted by Crippen LogP contribution is -1.89. The van der Waals surface area contributed by atoms with E-state index in [1.165, 1.54) is 11.8 Å². The summed E-state index contributed by atoms with van der Waals surface area (Å²) in [6.45, 7) is 0. The predicted molar refractivity (Wildman–Crippen MR) is 74.2 cm³/mol. The number of hydrogen-bond acceptors (Lipinski definition) is 3. The molecule has 0 spiro atoms. The van der Waals surface area contributed by atoms with Gasteiger partial charge in [0, 0.05) is 0 Å². The molecular formula is C13H11ClN2S. The van der Waals surface area contributed by atoms with Gasteiger partial charge in [0.1, 0.15) is 0 Å². The number of thioether (sulfide) groups is 1. The highest BCUT2D eigenvalue weighted by Crippen LogP contribution is 2.18. The van der Waals surface area contributed by atoms with Crippen molar-refractivity contribution in [1.29, 1.82) is 0 Å². The molecule has 0 saturated carbocycles. The Hall–Kier alpha value is -1.32. The normalized spacial score (nSPS) is 10.9. The lowest BCUT2D eigenvalue weighted by Gasteiger charge is -1.99. The van der Waals surface area contributed by atoms with E-state index in [1.54, 1.807) is 6.20 Å².